The Morgan fingerprint density at radius 1 is 1.16 bits per heavy atom. The van der Waals surface area contributed by atoms with Gasteiger partial charge in [0.25, 0.3) is 5.91 Å². The van der Waals surface area contributed by atoms with Crippen molar-refractivity contribution in [3.05, 3.63) is 51.8 Å². The van der Waals surface area contributed by atoms with Crippen LogP contribution in [0.15, 0.2) is 18.2 Å². The van der Waals surface area contributed by atoms with Gasteiger partial charge in [-0.15, -0.1) is 0 Å². The average Bonchev–Trinajstić information content (AvgIpc) is 3.05. The van der Waals surface area contributed by atoms with Crippen molar-refractivity contribution in [1.29, 1.82) is 0 Å². The minimum Gasteiger partial charge on any atom is -0.448 e. The predicted octanol–water partition coefficient (Wildman–Crippen LogP) is 3.53. The van der Waals surface area contributed by atoms with E-state index >= 15 is 0 Å². The zero-order valence-corrected chi connectivity index (χ0v) is 18.5. The Balaban J connectivity index is 1.28. The summed E-state index contributed by atoms with van der Waals surface area (Å²) in [6.07, 6.45) is 3.10. The Hall–Kier alpha value is -3.06. The van der Waals surface area contributed by atoms with Crippen molar-refractivity contribution < 1.29 is 14.3 Å². The predicted molar refractivity (Wildman–Crippen MR) is 122 cm³/mol. The van der Waals surface area contributed by atoms with Gasteiger partial charge in [0.05, 0.1) is 12.1 Å². The number of nitrogens with one attached hydrogen (secondary N) is 2. The van der Waals surface area contributed by atoms with Gasteiger partial charge in [-0.3, -0.25) is 9.69 Å². The Bertz CT molecular complexity index is 1150. The van der Waals surface area contributed by atoms with Crippen LogP contribution in [-0.2, 0) is 22.6 Å². The van der Waals surface area contributed by atoms with Crippen LogP contribution in [0.25, 0.3) is 11.6 Å². The van der Waals surface area contributed by atoms with Crippen LogP contribution in [0.3, 0.4) is 0 Å². The molecule has 2 N–H and O–H groups in total. The van der Waals surface area contributed by atoms with Gasteiger partial charge in [0, 0.05) is 48.8 Å². The first-order valence-corrected chi connectivity index (χ1v) is 11.4. The van der Waals surface area contributed by atoms with Crippen LogP contribution in [0.1, 0.15) is 40.1 Å². The fourth-order valence-electron chi connectivity index (χ4n) is 5.46. The molecule has 2 atom stereocenters. The summed E-state index contributed by atoms with van der Waals surface area (Å²) in [6.45, 7) is 9.18. The number of aromatic nitrogens is 1. The second kappa shape index (κ2) is 7.24. The van der Waals surface area contributed by atoms with Crippen molar-refractivity contribution in [2.75, 3.05) is 31.6 Å². The molecule has 166 valence electrons. The molecule has 4 aliphatic rings. The van der Waals surface area contributed by atoms with Crippen molar-refractivity contribution in [2.24, 2.45) is 11.8 Å². The van der Waals surface area contributed by atoms with E-state index in [-0.39, 0.29) is 12.0 Å². The second-order valence-corrected chi connectivity index (χ2v) is 9.65. The number of anilines is 1. The minimum absolute atomic E-state index is 0.0921. The first-order chi connectivity index (χ1) is 15.5. The van der Waals surface area contributed by atoms with Crippen molar-refractivity contribution in [1.82, 2.24) is 14.8 Å². The van der Waals surface area contributed by atoms with E-state index in [0.717, 1.165) is 40.9 Å². The van der Waals surface area contributed by atoms with E-state index in [1.165, 1.54) is 36.3 Å². The lowest BCUT2D eigenvalue weighted by Gasteiger charge is -2.17. The number of fused-ring (bicyclic) bond motifs is 2. The van der Waals surface area contributed by atoms with Gasteiger partial charge in [-0.25, -0.2) is 4.79 Å². The highest BCUT2D eigenvalue weighted by molar-refractivity contribution is 6.34. The van der Waals surface area contributed by atoms with Crippen LogP contribution in [0.4, 0.5) is 10.5 Å². The molecule has 0 bridgehead atoms. The first kappa shape index (κ1) is 19.6. The summed E-state index contributed by atoms with van der Waals surface area (Å²) in [5, 5.41) is 2.97. The molecule has 0 unspecified atom stereocenters. The molecule has 0 spiro atoms. The second-order valence-electron chi connectivity index (χ2n) is 9.65. The number of nitrogens with zero attached hydrogens (tertiary/aromatic N) is 2. The average molecular weight is 433 g/mol. The SMILES string of the molecule is Cc1[nH]c(C=C2C(=O)Nc3ccc(CN4CCOC4=O)cc32)c(C)c1CN1C[C@H]2C[C@H]2C1. The fraction of sp³-hybridized carbons (Fsp3) is 0.440. The van der Waals surface area contributed by atoms with Crippen molar-refractivity contribution in [3.8, 4) is 0 Å². The normalized spacial score (nSPS) is 25.3. The van der Waals surface area contributed by atoms with E-state index in [4.69, 9.17) is 4.74 Å². The summed E-state index contributed by atoms with van der Waals surface area (Å²) in [5.41, 5.74) is 8.07. The third-order valence-corrected chi connectivity index (χ3v) is 7.44. The molecule has 7 heteroatoms. The molecule has 1 saturated carbocycles. The highest BCUT2D eigenvalue weighted by atomic mass is 16.6. The maximum Gasteiger partial charge on any atom is 0.410 e. The van der Waals surface area contributed by atoms with Crippen LogP contribution in [0, 0.1) is 25.7 Å². The third kappa shape index (κ3) is 3.32. The summed E-state index contributed by atoms with van der Waals surface area (Å²) >= 11 is 0. The lowest BCUT2D eigenvalue weighted by Crippen LogP contribution is -2.23. The number of likely N-dealkylation sites (tertiary alicyclic amines) is 1. The molecule has 7 nitrogen and oxygen atoms in total. The zero-order chi connectivity index (χ0) is 22.0. The summed E-state index contributed by atoms with van der Waals surface area (Å²) < 4.78 is 5.03. The molecule has 2 saturated heterocycles. The van der Waals surface area contributed by atoms with E-state index in [0.29, 0.717) is 25.3 Å². The van der Waals surface area contributed by atoms with E-state index in [2.05, 4.69) is 29.0 Å². The van der Waals surface area contributed by atoms with Crippen LogP contribution in [0.2, 0.25) is 0 Å². The van der Waals surface area contributed by atoms with Crippen molar-refractivity contribution in [3.63, 3.8) is 0 Å². The van der Waals surface area contributed by atoms with Gasteiger partial charge in [-0.2, -0.15) is 0 Å². The number of ether oxygens (including phenoxy) is 1. The van der Waals surface area contributed by atoms with E-state index in [9.17, 15) is 9.59 Å². The molecule has 4 heterocycles. The lowest BCUT2D eigenvalue weighted by atomic mass is 10.0. The van der Waals surface area contributed by atoms with Gasteiger partial charge >= 0.3 is 6.09 Å². The van der Waals surface area contributed by atoms with Crippen molar-refractivity contribution in [2.45, 2.75) is 33.4 Å². The van der Waals surface area contributed by atoms with Gasteiger partial charge in [0.15, 0.2) is 0 Å². The number of amides is 2. The molecule has 32 heavy (non-hydrogen) atoms. The zero-order valence-electron chi connectivity index (χ0n) is 18.5. The quantitative estimate of drug-likeness (QED) is 0.709. The van der Waals surface area contributed by atoms with Crippen molar-refractivity contribution >= 4 is 29.3 Å². The topological polar surface area (TPSA) is 77.7 Å². The van der Waals surface area contributed by atoms with Gasteiger partial charge < -0.3 is 19.9 Å². The largest absolute Gasteiger partial charge is 0.448 e. The third-order valence-electron chi connectivity index (χ3n) is 7.44. The van der Waals surface area contributed by atoms with Crippen LogP contribution in [0.5, 0.6) is 0 Å². The number of cyclic esters (lactones) is 1. The lowest BCUT2D eigenvalue weighted by molar-refractivity contribution is -0.110. The highest BCUT2D eigenvalue weighted by Gasteiger charge is 2.44. The Labute approximate surface area is 187 Å². The molecule has 3 aliphatic heterocycles. The number of carbonyl (C=O) groups excluding carboxylic acids is 2. The minimum atomic E-state index is -0.282. The van der Waals surface area contributed by atoms with Crippen LogP contribution >= 0.6 is 0 Å². The molecule has 1 aromatic heterocycles. The van der Waals surface area contributed by atoms with Crippen LogP contribution in [-0.4, -0.2) is 53.0 Å². The monoisotopic (exact) mass is 432 g/mol. The number of hydrogen-bond acceptors (Lipinski definition) is 4. The first-order valence-electron chi connectivity index (χ1n) is 11.4. The Kier molecular flexibility index (Phi) is 4.43. The number of H-pyrrole nitrogens is 1. The standard InChI is InChI=1S/C25H28N4O3/c1-14-21(13-28-11-17-8-18(17)12-28)15(2)26-23(14)9-20-19-7-16(3-4-22(19)27-24(20)30)10-29-5-6-32-25(29)31/h3-4,7,9,17-18,26H,5-6,8,10-13H2,1-2H3,(H,27,30)/t17-,18+. The fourth-order valence-corrected chi connectivity index (χ4v) is 5.46. The summed E-state index contributed by atoms with van der Waals surface area (Å²) in [5.74, 6) is 1.75. The molecule has 2 amide bonds. The summed E-state index contributed by atoms with van der Waals surface area (Å²) in [4.78, 5) is 32.3. The van der Waals surface area contributed by atoms with Gasteiger partial charge in [-0.1, -0.05) is 6.07 Å². The summed E-state index contributed by atoms with van der Waals surface area (Å²) in [7, 11) is 0. The maximum absolute atomic E-state index is 12.8. The van der Waals surface area contributed by atoms with E-state index < -0.39 is 0 Å². The van der Waals surface area contributed by atoms with Gasteiger partial charge in [0.1, 0.15) is 6.61 Å². The molecule has 6 rings (SSSR count). The smallest absolute Gasteiger partial charge is 0.410 e. The van der Waals surface area contributed by atoms with Gasteiger partial charge in [0.2, 0.25) is 0 Å². The highest BCUT2D eigenvalue weighted by Crippen LogP contribution is 2.45. The number of aromatic amines is 1. The molecule has 1 aliphatic carbocycles. The van der Waals surface area contributed by atoms with Gasteiger partial charge in [-0.05, 0) is 67.0 Å². The van der Waals surface area contributed by atoms with E-state index in [1.54, 1.807) is 4.90 Å². The Morgan fingerprint density at radius 3 is 2.72 bits per heavy atom. The number of carbonyl (C=O) groups is 2. The number of benzene rings is 1. The molecular formula is C25H28N4O3. The Morgan fingerprint density at radius 2 is 1.97 bits per heavy atom. The molecule has 0 radical (unpaired) electrons. The van der Waals surface area contributed by atoms with Crippen LogP contribution < -0.4 is 5.32 Å². The molecular weight excluding hydrogens is 404 g/mol. The molecule has 1 aromatic carbocycles. The summed E-state index contributed by atoms with van der Waals surface area (Å²) in [6, 6.07) is 5.88. The number of rotatable bonds is 5. The number of aryl methyl sites for hydroxylation is 1. The number of piperidine rings is 1. The molecule has 2 aromatic rings. The number of hydrogen-bond donors (Lipinski definition) is 2. The van der Waals surface area contributed by atoms with E-state index in [1.807, 2.05) is 24.3 Å². The maximum atomic E-state index is 12.8. The molecule has 3 fully saturated rings.